The van der Waals surface area contributed by atoms with Crippen molar-refractivity contribution in [3.05, 3.63) is 75.4 Å². The number of carboxylic acids is 1. The smallest absolute Gasteiger partial charge is 0.416 e. The Morgan fingerprint density at radius 3 is 2.50 bits per heavy atom. The third kappa shape index (κ3) is 3.77. The maximum atomic E-state index is 13.1. The number of hydrogen-bond acceptors (Lipinski definition) is 2. The lowest BCUT2D eigenvalue weighted by molar-refractivity contribution is -0.137. The number of pyridine rings is 1. The number of rotatable bonds is 3. The van der Waals surface area contributed by atoms with Gasteiger partial charge in [0, 0.05) is 9.86 Å². The van der Waals surface area contributed by atoms with E-state index in [0.717, 1.165) is 6.07 Å². The number of benzene rings is 2. The Balaban J connectivity index is 2.09. The van der Waals surface area contributed by atoms with Crippen molar-refractivity contribution >= 4 is 45.0 Å². The fraction of sp³-hybridized carbons (Fsp3) is 0.0526. The molecule has 3 nitrogen and oxygen atoms in total. The Labute approximate surface area is 154 Å². The first-order valence-corrected chi connectivity index (χ1v) is 8.23. The van der Waals surface area contributed by atoms with E-state index in [1.165, 1.54) is 36.4 Å². The van der Waals surface area contributed by atoms with Gasteiger partial charge in [-0.1, -0.05) is 40.2 Å². The van der Waals surface area contributed by atoms with E-state index < -0.39 is 17.7 Å². The quantitative estimate of drug-likeness (QED) is 0.573. The first kappa shape index (κ1) is 18.1. The SMILES string of the molecule is O=C(O)c1cc(C=Cc2ccccc2C(F)(F)F)nc2ccc(Br)cc12. The highest BCUT2D eigenvalue weighted by atomic mass is 79.9. The number of carbonyl (C=O) groups is 1. The number of halogens is 4. The van der Waals surface area contributed by atoms with Gasteiger partial charge in [-0.15, -0.1) is 0 Å². The highest BCUT2D eigenvalue weighted by Crippen LogP contribution is 2.32. The molecule has 1 N–H and O–H groups in total. The summed E-state index contributed by atoms with van der Waals surface area (Å²) in [4.78, 5) is 15.8. The number of fused-ring (bicyclic) bond motifs is 1. The molecule has 3 rings (SSSR count). The monoisotopic (exact) mass is 421 g/mol. The predicted molar refractivity (Wildman–Crippen MR) is 96.8 cm³/mol. The molecule has 0 aliphatic rings. The molecule has 1 heterocycles. The fourth-order valence-corrected chi connectivity index (χ4v) is 2.92. The summed E-state index contributed by atoms with van der Waals surface area (Å²) in [5.74, 6) is -1.14. The van der Waals surface area contributed by atoms with Crippen molar-refractivity contribution in [2.75, 3.05) is 0 Å². The van der Waals surface area contributed by atoms with Crippen molar-refractivity contribution in [3.63, 3.8) is 0 Å². The van der Waals surface area contributed by atoms with E-state index in [-0.39, 0.29) is 16.8 Å². The molecule has 0 saturated heterocycles. The highest BCUT2D eigenvalue weighted by Gasteiger charge is 2.32. The summed E-state index contributed by atoms with van der Waals surface area (Å²) in [6.07, 6.45) is -1.82. The molecule has 0 aliphatic carbocycles. The topological polar surface area (TPSA) is 50.2 Å². The molecular formula is C19H11BrF3NO2. The van der Waals surface area contributed by atoms with E-state index >= 15 is 0 Å². The van der Waals surface area contributed by atoms with Crippen LogP contribution in [0, 0.1) is 0 Å². The zero-order valence-corrected chi connectivity index (χ0v) is 14.7. The molecule has 7 heteroatoms. The molecule has 0 radical (unpaired) electrons. The fourth-order valence-electron chi connectivity index (χ4n) is 2.56. The minimum absolute atomic E-state index is 0.0189. The molecule has 26 heavy (non-hydrogen) atoms. The molecule has 132 valence electrons. The van der Waals surface area contributed by atoms with Crippen molar-refractivity contribution in [2.45, 2.75) is 6.18 Å². The second-order valence-corrected chi connectivity index (χ2v) is 6.40. The Bertz CT molecular complexity index is 1030. The van der Waals surface area contributed by atoms with Gasteiger partial charge in [0.05, 0.1) is 22.3 Å². The molecule has 0 amide bonds. The second-order valence-electron chi connectivity index (χ2n) is 5.48. The molecular weight excluding hydrogens is 411 g/mol. The summed E-state index contributed by atoms with van der Waals surface area (Å²) < 4.78 is 39.9. The van der Waals surface area contributed by atoms with Crippen molar-refractivity contribution in [3.8, 4) is 0 Å². The molecule has 1 aromatic heterocycles. The van der Waals surface area contributed by atoms with Crippen LogP contribution in [0.4, 0.5) is 13.2 Å². The average molecular weight is 422 g/mol. The molecule has 2 aromatic carbocycles. The zero-order chi connectivity index (χ0) is 18.9. The van der Waals surface area contributed by atoms with E-state index in [2.05, 4.69) is 20.9 Å². The average Bonchev–Trinajstić information content (AvgIpc) is 2.58. The van der Waals surface area contributed by atoms with Crippen LogP contribution in [0.2, 0.25) is 0 Å². The molecule has 0 fully saturated rings. The molecule has 0 unspecified atom stereocenters. The van der Waals surface area contributed by atoms with Crippen LogP contribution in [-0.4, -0.2) is 16.1 Å². The third-order valence-corrected chi connectivity index (χ3v) is 4.21. The van der Waals surface area contributed by atoms with E-state index in [1.807, 2.05) is 0 Å². The van der Waals surface area contributed by atoms with Gasteiger partial charge in [0.25, 0.3) is 0 Å². The van der Waals surface area contributed by atoms with Crippen molar-refractivity contribution in [1.29, 1.82) is 0 Å². The van der Waals surface area contributed by atoms with Gasteiger partial charge in [-0.05, 0) is 42.0 Å². The van der Waals surface area contributed by atoms with Gasteiger partial charge in [-0.2, -0.15) is 13.2 Å². The van der Waals surface area contributed by atoms with Crippen LogP contribution in [0.15, 0.2) is 53.0 Å². The number of carboxylic acid groups (broad SMARTS) is 1. The molecule has 0 spiro atoms. The molecule has 0 aliphatic heterocycles. The number of alkyl halides is 3. The predicted octanol–water partition coefficient (Wildman–Crippen LogP) is 5.88. The van der Waals surface area contributed by atoms with Gasteiger partial charge in [-0.25, -0.2) is 9.78 Å². The first-order chi connectivity index (χ1) is 12.3. The number of aromatic nitrogens is 1. The van der Waals surface area contributed by atoms with Crippen LogP contribution in [-0.2, 0) is 6.18 Å². The van der Waals surface area contributed by atoms with E-state index in [4.69, 9.17) is 0 Å². The Kier molecular flexibility index (Phi) is 4.82. The third-order valence-electron chi connectivity index (χ3n) is 3.72. The van der Waals surface area contributed by atoms with Gasteiger partial charge < -0.3 is 5.11 Å². The van der Waals surface area contributed by atoms with Gasteiger partial charge >= 0.3 is 12.1 Å². The summed E-state index contributed by atoms with van der Waals surface area (Å²) >= 11 is 3.28. The lowest BCUT2D eigenvalue weighted by Crippen LogP contribution is -2.06. The maximum absolute atomic E-state index is 13.1. The summed E-state index contributed by atoms with van der Waals surface area (Å²) in [6, 6.07) is 11.5. The lowest BCUT2D eigenvalue weighted by Gasteiger charge is -2.09. The van der Waals surface area contributed by atoms with Crippen molar-refractivity contribution in [2.24, 2.45) is 0 Å². The van der Waals surface area contributed by atoms with E-state index in [0.29, 0.717) is 15.4 Å². The molecule has 3 aromatic rings. The van der Waals surface area contributed by atoms with Crippen molar-refractivity contribution < 1.29 is 23.1 Å². The van der Waals surface area contributed by atoms with E-state index in [9.17, 15) is 23.1 Å². The van der Waals surface area contributed by atoms with Crippen LogP contribution < -0.4 is 0 Å². The lowest BCUT2D eigenvalue weighted by atomic mass is 10.0. The normalized spacial score (nSPS) is 12.0. The van der Waals surface area contributed by atoms with Gasteiger partial charge in [0.15, 0.2) is 0 Å². The van der Waals surface area contributed by atoms with E-state index in [1.54, 1.807) is 18.2 Å². The molecule has 0 bridgehead atoms. The number of nitrogens with zero attached hydrogens (tertiary/aromatic N) is 1. The Hall–Kier alpha value is -2.67. The van der Waals surface area contributed by atoms with Gasteiger partial charge in [0.1, 0.15) is 0 Å². The Morgan fingerprint density at radius 1 is 1.08 bits per heavy atom. The van der Waals surface area contributed by atoms with Gasteiger partial charge in [-0.3, -0.25) is 0 Å². The summed E-state index contributed by atoms with van der Waals surface area (Å²) in [5.41, 5.74) is -0.0554. The summed E-state index contributed by atoms with van der Waals surface area (Å²) in [6.45, 7) is 0. The molecule has 0 saturated carbocycles. The minimum Gasteiger partial charge on any atom is -0.478 e. The van der Waals surface area contributed by atoms with Crippen LogP contribution >= 0.6 is 15.9 Å². The van der Waals surface area contributed by atoms with Crippen LogP contribution in [0.3, 0.4) is 0 Å². The second kappa shape index (κ2) is 6.92. The minimum atomic E-state index is -4.48. The van der Waals surface area contributed by atoms with Crippen molar-refractivity contribution in [1.82, 2.24) is 4.98 Å². The highest BCUT2D eigenvalue weighted by molar-refractivity contribution is 9.10. The number of aromatic carboxylic acids is 1. The first-order valence-electron chi connectivity index (χ1n) is 7.43. The maximum Gasteiger partial charge on any atom is 0.416 e. The van der Waals surface area contributed by atoms with Crippen LogP contribution in [0.5, 0.6) is 0 Å². The van der Waals surface area contributed by atoms with Gasteiger partial charge in [0.2, 0.25) is 0 Å². The zero-order valence-electron chi connectivity index (χ0n) is 13.1. The van der Waals surface area contributed by atoms with Crippen LogP contribution in [0.1, 0.15) is 27.2 Å². The Morgan fingerprint density at radius 2 is 1.81 bits per heavy atom. The summed E-state index contributed by atoms with van der Waals surface area (Å²) in [5, 5.41) is 9.86. The summed E-state index contributed by atoms with van der Waals surface area (Å²) in [7, 11) is 0. The number of hydrogen-bond donors (Lipinski definition) is 1. The van der Waals surface area contributed by atoms with Crippen LogP contribution in [0.25, 0.3) is 23.1 Å². The standard InChI is InChI=1S/C19H11BrF3NO2/c20-12-6-8-17-14(9-12)15(18(25)26)10-13(24-17)7-5-11-3-1-2-4-16(11)19(21,22)23/h1-10H,(H,25,26). The molecule has 0 atom stereocenters. The largest absolute Gasteiger partial charge is 0.478 e.